The van der Waals surface area contributed by atoms with Gasteiger partial charge in [-0.2, -0.15) is 13.1 Å². The zero-order valence-corrected chi connectivity index (χ0v) is 16.6. The van der Waals surface area contributed by atoms with Crippen molar-refractivity contribution >= 4 is 32.8 Å². The molecule has 1 aromatic carbocycles. The van der Waals surface area contributed by atoms with Crippen molar-refractivity contribution in [3.05, 3.63) is 18.2 Å². The number of aromatic nitrogens is 2. The lowest BCUT2D eigenvalue weighted by molar-refractivity contribution is -0.0263. The summed E-state index contributed by atoms with van der Waals surface area (Å²) in [6.45, 7) is 6.44. The second-order valence-corrected chi connectivity index (χ2v) is 9.43. The van der Waals surface area contributed by atoms with Crippen molar-refractivity contribution in [3.8, 4) is 0 Å². The van der Waals surface area contributed by atoms with E-state index in [0.29, 0.717) is 37.3 Å². The van der Waals surface area contributed by atoms with E-state index < -0.39 is 10.0 Å². The number of ether oxygens (including phenoxy) is 1. The predicted octanol–water partition coefficient (Wildman–Crippen LogP) is 1.96. The minimum Gasteiger partial charge on any atom is -0.381 e. The van der Waals surface area contributed by atoms with Crippen molar-refractivity contribution in [1.82, 2.24) is 18.0 Å². The van der Waals surface area contributed by atoms with Gasteiger partial charge in [0.05, 0.1) is 11.7 Å². The fourth-order valence-electron chi connectivity index (χ4n) is 4.24. The van der Waals surface area contributed by atoms with E-state index in [1.165, 1.54) is 0 Å². The summed E-state index contributed by atoms with van der Waals surface area (Å²) < 4.78 is 42.6. The van der Waals surface area contributed by atoms with Gasteiger partial charge in [-0.05, 0) is 44.5 Å². The summed E-state index contributed by atoms with van der Waals surface area (Å²) in [6, 6.07) is 5.20. The molecule has 2 aromatic rings. The Balaban J connectivity index is 1.73. The summed E-state index contributed by atoms with van der Waals surface area (Å²) in [5, 5.41) is 0. The van der Waals surface area contributed by atoms with Gasteiger partial charge in [0.25, 0.3) is 0 Å². The summed E-state index contributed by atoms with van der Waals surface area (Å²) >= 11 is 1.05. The Bertz CT molecular complexity index is 877. The number of hydrogen-bond acceptors (Lipinski definition) is 7. The minimum absolute atomic E-state index is 0.134. The smallest absolute Gasteiger partial charge is 0.245 e. The molecule has 0 saturated carbocycles. The Hall–Kier alpha value is -1.13. The molecule has 2 fully saturated rings. The van der Waals surface area contributed by atoms with E-state index in [0.717, 1.165) is 44.1 Å². The van der Waals surface area contributed by atoms with E-state index in [4.69, 9.17) is 4.74 Å². The Kier molecular flexibility index (Phi) is 5.00. The first-order valence-electron chi connectivity index (χ1n) is 9.11. The third kappa shape index (κ3) is 3.05. The molecule has 0 atom stereocenters. The standard InChI is InChI=1S/C17H24N4O3S2/c1-2-20-9-4-10-21(13-17(20)7-11-24-12-8-17)26(22,23)15-6-3-5-14-16(15)19-25-18-14/h3,5-6H,2,4,7-13H2,1H3. The number of hydrogen-bond donors (Lipinski definition) is 0. The number of benzene rings is 1. The Morgan fingerprint density at radius 2 is 2.04 bits per heavy atom. The van der Waals surface area contributed by atoms with Gasteiger partial charge < -0.3 is 4.74 Å². The van der Waals surface area contributed by atoms with Crippen LogP contribution in [-0.2, 0) is 14.8 Å². The predicted molar refractivity (Wildman–Crippen MR) is 101 cm³/mol. The number of fused-ring (bicyclic) bond motifs is 1. The van der Waals surface area contributed by atoms with Crippen molar-refractivity contribution in [2.75, 3.05) is 39.4 Å². The largest absolute Gasteiger partial charge is 0.381 e. The topological polar surface area (TPSA) is 75.6 Å². The maximum Gasteiger partial charge on any atom is 0.245 e. The molecule has 7 nitrogen and oxygen atoms in total. The molecule has 0 bridgehead atoms. The van der Waals surface area contributed by atoms with Crippen LogP contribution in [0.3, 0.4) is 0 Å². The normalized spacial score (nSPS) is 22.7. The van der Waals surface area contributed by atoms with Gasteiger partial charge in [-0.15, -0.1) is 0 Å². The summed E-state index contributed by atoms with van der Waals surface area (Å²) in [7, 11) is -3.62. The highest BCUT2D eigenvalue weighted by molar-refractivity contribution is 7.89. The third-order valence-corrected chi connectivity index (χ3v) is 8.07. The second kappa shape index (κ2) is 7.12. The van der Waals surface area contributed by atoms with E-state index in [1.54, 1.807) is 22.5 Å². The molecule has 1 aromatic heterocycles. The van der Waals surface area contributed by atoms with Crippen LogP contribution in [-0.4, -0.2) is 71.3 Å². The van der Waals surface area contributed by atoms with Crippen LogP contribution in [0.5, 0.6) is 0 Å². The molecular weight excluding hydrogens is 372 g/mol. The van der Waals surface area contributed by atoms with Crippen LogP contribution in [0.15, 0.2) is 23.1 Å². The van der Waals surface area contributed by atoms with E-state index in [-0.39, 0.29) is 10.4 Å². The van der Waals surface area contributed by atoms with Gasteiger partial charge in [-0.25, -0.2) is 8.42 Å². The Labute approximate surface area is 158 Å². The molecule has 0 unspecified atom stereocenters. The third-order valence-electron chi connectivity index (χ3n) is 5.65. The summed E-state index contributed by atoms with van der Waals surface area (Å²) in [5.41, 5.74) is 0.988. The average Bonchev–Trinajstić information content (AvgIpc) is 3.06. The van der Waals surface area contributed by atoms with Crippen molar-refractivity contribution in [3.63, 3.8) is 0 Å². The molecule has 2 aliphatic rings. The van der Waals surface area contributed by atoms with Gasteiger partial charge in [-0.3, -0.25) is 4.90 Å². The van der Waals surface area contributed by atoms with Crippen molar-refractivity contribution in [2.24, 2.45) is 0 Å². The first-order chi connectivity index (χ1) is 12.6. The van der Waals surface area contributed by atoms with Gasteiger partial charge in [0.2, 0.25) is 10.0 Å². The Morgan fingerprint density at radius 1 is 1.23 bits per heavy atom. The number of rotatable bonds is 3. The van der Waals surface area contributed by atoms with Crippen LogP contribution in [0.1, 0.15) is 26.2 Å². The van der Waals surface area contributed by atoms with Crippen LogP contribution in [0.4, 0.5) is 0 Å². The zero-order chi connectivity index (χ0) is 18.2. The van der Waals surface area contributed by atoms with Gasteiger partial charge in [0, 0.05) is 31.8 Å². The quantitative estimate of drug-likeness (QED) is 0.789. The highest BCUT2D eigenvalue weighted by Crippen LogP contribution is 2.34. The lowest BCUT2D eigenvalue weighted by Crippen LogP contribution is -2.57. The van der Waals surface area contributed by atoms with Crippen LogP contribution < -0.4 is 0 Å². The summed E-state index contributed by atoms with van der Waals surface area (Å²) in [6.07, 6.45) is 2.58. The number of sulfonamides is 1. The van der Waals surface area contributed by atoms with Crippen LogP contribution in [0.25, 0.3) is 11.0 Å². The first-order valence-corrected chi connectivity index (χ1v) is 11.3. The lowest BCUT2D eigenvalue weighted by atomic mass is 9.88. The van der Waals surface area contributed by atoms with Crippen molar-refractivity contribution in [1.29, 1.82) is 0 Å². The maximum atomic E-state index is 13.5. The molecule has 0 radical (unpaired) electrons. The molecular formula is C17H24N4O3S2. The molecule has 0 aliphatic carbocycles. The van der Waals surface area contributed by atoms with Gasteiger partial charge in [-0.1, -0.05) is 13.0 Å². The zero-order valence-electron chi connectivity index (χ0n) is 14.9. The first kappa shape index (κ1) is 18.2. The molecule has 142 valence electrons. The Morgan fingerprint density at radius 3 is 2.81 bits per heavy atom. The van der Waals surface area contributed by atoms with Crippen molar-refractivity contribution < 1.29 is 13.2 Å². The molecule has 2 aliphatic heterocycles. The molecule has 1 spiro atoms. The molecule has 26 heavy (non-hydrogen) atoms. The second-order valence-electron chi connectivity index (χ2n) is 7.00. The minimum atomic E-state index is -3.62. The van der Waals surface area contributed by atoms with Crippen LogP contribution in [0, 0.1) is 0 Å². The fourth-order valence-corrected chi connectivity index (χ4v) is 6.55. The van der Waals surface area contributed by atoms with Gasteiger partial charge in [0.15, 0.2) is 0 Å². The molecule has 9 heteroatoms. The number of likely N-dealkylation sites (N-methyl/N-ethyl adjacent to an activating group) is 1. The SMILES string of the molecule is CCN1CCCN(S(=O)(=O)c2cccc3nsnc23)CC12CCOCC2. The van der Waals surface area contributed by atoms with Crippen LogP contribution in [0.2, 0.25) is 0 Å². The monoisotopic (exact) mass is 396 g/mol. The van der Waals surface area contributed by atoms with E-state index in [1.807, 2.05) is 0 Å². The van der Waals surface area contributed by atoms with E-state index in [2.05, 4.69) is 20.6 Å². The molecule has 2 saturated heterocycles. The van der Waals surface area contributed by atoms with Gasteiger partial charge >= 0.3 is 0 Å². The highest BCUT2D eigenvalue weighted by atomic mass is 32.2. The maximum absolute atomic E-state index is 13.5. The highest BCUT2D eigenvalue weighted by Gasteiger charge is 2.44. The average molecular weight is 397 g/mol. The van der Waals surface area contributed by atoms with Crippen LogP contribution >= 0.6 is 11.7 Å². The molecule has 4 rings (SSSR count). The number of nitrogens with zero attached hydrogens (tertiary/aromatic N) is 4. The summed E-state index contributed by atoms with van der Waals surface area (Å²) in [4.78, 5) is 2.73. The molecule has 0 amide bonds. The summed E-state index contributed by atoms with van der Waals surface area (Å²) in [5.74, 6) is 0. The van der Waals surface area contributed by atoms with Gasteiger partial charge in [0.1, 0.15) is 15.9 Å². The van der Waals surface area contributed by atoms with Crippen molar-refractivity contribution in [2.45, 2.75) is 36.6 Å². The fraction of sp³-hybridized carbons (Fsp3) is 0.647. The lowest BCUT2D eigenvalue weighted by Gasteiger charge is -2.46. The molecule has 0 N–H and O–H groups in total. The molecule has 3 heterocycles. The van der Waals surface area contributed by atoms with E-state index in [9.17, 15) is 8.42 Å². The van der Waals surface area contributed by atoms with E-state index >= 15 is 0 Å².